The van der Waals surface area contributed by atoms with Crippen LogP contribution in [0.15, 0.2) is 42.5 Å². The van der Waals surface area contributed by atoms with E-state index in [4.69, 9.17) is 9.47 Å². The summed E-state index contributed by atoms with van der Waals surface area (Å²) >= 11 is 0. The molecule has 2 aromatic carbocycles. The quantitative estimate of drug-likeness (QED) is 0.858. The van der Waals surface area contributed by atoms with Gasteiger partial charge in [0.1, 0.15) is 19.0 Å². The van der Waals surface area contributed by atoms with Gasteiger partial charge in [-0.1, -0.05) is 18.2 Å². The van der Waals surface area contributed by atoms with E-state index in [2.05, 4.69) is 11.4 Å². The second-order valence-electron chi connectivity index (χ2n) is 5.03. The standard InChI is InChI=1S/C17H18FNO2/c18-15-3-1-2-14(10-15)12-19-7-6-13-4-5-16-17(11-13)21-9-8-20-16/h1-5,10-11,19H,6-9,12H2. The highest BCUT2D eigenvalue weighted by Crippen LogP contribution is 2.30. The van der Waals surface area contributed by atoms with Crippen molar-refractivity contribution in [3.63, 3.8) is 0 Å². The predicted molar refractivity (Wildman–Crippen MR) is 79.2 cm³/mol. The van der Waals surface area contributed by atoms with E-state index in [1.54, 1.807) is 12.1 Å². The van der Waals surface area contributed by atoms with Crippen molar-refractivity contribution in [2.75, 3.05) is 19.8 Å². The van der Waals surface area contributed by atoms with Crippen molar-refractivity contribution in [1.82, 2.24) is 5.32 Å². The summed E-state index contributed by atoms with van der Waals surface area (Å²) in [7, 11) is 0. The molecule has 2 aromatic rings. The van der Waals surface area contributed by atoms with Gasteiger partial charge in [-0.2, -0.15) is 0 Å². The SMILES string of the molecule is Fc1cccc(CNCCc2ccc3c(c2)OCCO3)c1. The van der Waals surface area contributed by atoms with Gasteiger partial charge in [0.25, 0.3) is 0 Å². The zero-order valence-corrected chi connectivity index (χ0v) is 11.8. The van der Waals surface area contributed by atoms with Crippen molar-refractivity contribution in [2.45, 2.75) is 13.0 Å². The maximum Gasteiger partial charge on any atom is 0.161 e. The van der Waals surface area contributed by atoms with Gasteiger partial charge in [0, 0.05) is 6.54 Å². The van der Waals surface area contributed by atoms with Gasteiger partial charge >= 0.3 is 0 Å². The van der Waals surface area contributed by atoms with Crippen LogP contribution < -0.4 is 14.8 Å². The van der Waals surface area contributed by atoms with Gasteiger partial charge in [-0.05, 0) is 48.4 Å². The number of benzene rings is 2. The normalized spacial score (nSPS) is 13.2. The van der Waals surface area contributed by atoms with Crippen molar-refractivity contribution >= 4 is 0 Å². The molecule has 0 aromatic heterocycles. The Balaban J connectivity index is 1.49. The van der Waals surface area contributed by atoms with Gasteiger partial charge in [-0.25, -0.2) is 4.39 Å². The fourth-order valence-electron chi connectivity index (χ4n) is 2.36. The highest BCUT2D eigenvalue weighted by molar-refractivity contribution is 5.43. The number of rotatable bonds is 5. The number of nitrogens with one attached hydrogen (secondary N) is 1. The summed E-state index contributed by atoms with van der Waals surface area (Å²) in [6, 6.07) is 12.7. The second kappa shape index (κ2) is 6.59. The Morgan fingerprint density at radius 2 is 1.81 bits per heavy atom. The summed E-state index contributed by atoms with van der Waals surface area (Å²) in [4.78, 5) is 0. The van der Waals surface area contributed by atoms with Gasteiger partial charge in [-0.15, -0.1) is 0 Å². The lowest BCUT2D eigenvalue weighted by Crippen LogP contribution is -2.18. The number of halogens is 1. The minimum Gasteiger partial charge on any atom is -0.486 e. The molecule has 21 heavy (non-hydrogen) atoms. The molecule has 1 heterocycles. The molecule has 0 bridgehead atoms. The van der Waals surface area contributed by atoms with Gasteiger partial charge < -0.3 is 14.8 Å². The third-order valence-electron chi connectivity index (χ3n) is 3.42. The minimum absolute atomic E-state index is 0.193. The molecule has 0 spiro atoms. The highest BCUT2D eigenvalue weighted by Gasteiger charge is 2.11. The Kier molecular flexibility index (Phi) is 4.36. The summed E-state index contributed by atoms with van der Waals surface area (Å²) in [5, 5.41) is 3.32. The molecule has 0 amide bonds. The number of ether oxygens (including phenoxy) is 2. The third-order valence-corrected chi connectivity index (χ3v) is 3.42. The average Bonchev–Trinajstić information content (AvgIpc) is 2.51. The Labute approximate surface area is 123 Å². The van der Waals surface area contributed by atoms with Crippen LogP contribution in [0.25, 0.3) is 0 Å². The smallest absolute Gasteiger partial charge is 0.161 e. The molecule has 1 aliphatic heterocycles. The van der Waals surface area contributed by atoms with Crippen LogP contribution >= 0.6 is 0 Å². The Morgan fingerprint density at radius 3 is 2.67 bits per heavy atom. The molecule has 0 fully saturated rings. The van der Waals surface area contributed by atoms with E-state index in [-0.39, 0.29) is 5.82 Å². The first kappa shape index (κ1) is 13.9. The molecule has 0 unspecified atom stereocenters. The van der Waals surface area contributed by atoms with Crippen LogP contribution in [0.3, 0.4) is 0 Å². The average molecular weight is 287 g/mol. The molecule has 3 rings (SSSR count). The van der Waals surface area contributed by atoms with Gasteiger partial charge in [0.05, 0.1) is 0 Å². The van der Waals surface area contributed by atoms with Crippen molar-refractivity contribution < 1.29 is 13.9 Å². The summed E-state index contributed by atoms with van der Waals surface area (Å²) < 4.78 is 24.1. The van der Waals surface area contributed by atoms with Gasteiger partial charge in [0.15, 0.2) is 11.5 Å². The highest BCUT2D eigenvalue weighted by atomic mass is 19.1. The van der Waals surface area contributed by atoms with Gasteiger partial charge in [-0.3, -0.25) is 0 Å². The maximum atomic E-state index is 13.0. The molecular weight excluding hydrogens is 269 g/mol. The molecule has 0 aliphatic carbocycles. The monoisotopic (exact) mass is 287 g/mol. The van der Waals surface area contributed by atoms with Crippen molar-refractivity contribution in [3.05, 3.63) is 59.4 Å². The molecule has 0 radical (unpaired) electrons. The van der Waals surface area contributed by atoms with E-state index in [1.165, 1.54) is 11.6 Å². The summed E-state index contributed by atoms with van der Waals surface area (Å²) in [6.07, 6.45) is 0.895. The van der Waals surface area contributed by atoms with E-state index in [0.29, 0.717) is 19.8 Å². The largest absolute Gasteiger partial charge is 0.486 e. The van der Waals surface area contributed by atoms with Crippen LogP contribution in [-0.2, 0) is 13.0 Å². The van der Waals surface area contributed by atoms with E-state index >= 15 is 0 Å². The predicted octanol–water partition coefficient (Wildman–Crippen LogP) is 2.93. The molecule has 110 valence electrons. The van der Waals surface area contributed by atoms with E-state index in [1.807, 2.05) is 18.2 Å². The summed E-state index contributed by atoms with van der Waals surface area (Å²) in [6.45, 7) is 2.72. The molecule has 0 atom stereocenters. The molecular formula is C17H18FNO2. The zero-order valence-electron chi connectivity index (χ0n) is 11.8. The molecule has 1 aliphatic rings. The second-order valence-corrected chi connectivity index (χ2v) is 5.03. The van der Waals surface area contributed by atoms with E-state index in [0.717, 1.165) is 30.0 Å². The Hall–Kier alpha value is -2.07. The molecule has 3 nitrogen and oxygen atoms in total. The maximum absolute atomic E-state index is 13.0. The Morgan fingerprint density at radius 1 is 0.952 bits per heavy atom. The first-order chi connectivity index (χ1) is 10.3. The van der Waals surface area contributed by atoms with Crippen LogP contribution in [0.2, 0.25) is 0 Å². The summed E-state index contributed by atoms with van der Waals surface area (Å²) in [5.74, 6) is 1.45. The topological polar surface area (TPSA) is 30.5 Å². The lowest BCUT2D eigenvalue weighted by atomic mass is 10.1. The number of hydrogen-bond donors (Lipinski definition) is 1. The van der Waals surface area contributed by atoms with Crippen LogP contribution in [0.1, 0.15) is 11.1 Å². The van der Waals surface area contributed by atoms with Crippen molar-refractivity contribution in [3.8, 4) is 11.5 Å². The zero-order chi connectivity index (χ0) is 14.5. The minimum atomic E-state index is -0.193. The van der Waals surface area contributed by atoms with Crippen molar-refractivity contribution in [1.29, 1.82) is 0 Å². The van der Waals surface area contributed by atoms with Crippen LogP contribution in [0, 0.1) is 5.82 Å². The molecule has 0 saturated carbocycles. The van der Waals surface area contributed by atoms with E-state index < -0.39 is 0 Å². The fraction of sp³-hybridized carbons (Fsp3) is 0.294. The van der Waals surface area contributed by atoms with Crippen molar-refractivity contribution in [2.24, 2.45) is 0 Å². The van der Waals surface area contributed by atoms with Crippen LogP contribution in [-0.4, -0.2) is 19.8 Å². The molecule has 4 heteroatoms. The van der Waals surface area contributed by atoms with E-state index in [9.17, 15) is 4.39 Å². The molecule has 1 N–H and O–H groups in total. The third kappa shape index (κ3) is 3.73. The lowest BCUT2D eigenvalue weighted by molar-refractivity contribution is 0.171. The Bertz CT molecular complexity index is 615. The van der Waals surface area contributed by atoms with Gasteiger partial charge in [0.2, 0.25) is 0 Å². The van der Waals surface area contributed by atoms with Crippen LogP contribution in [0.4, 0.5) is 4.39 Å². The van der Waals surface area contributed by atoms with Crippen LogP contribution in [0.5, 0.6) is 11.5 Å². The lowest BCUT2D eigenvalue weighted by Gasteiger charge is -2.18. The first-order valence-corrected chi connectivity index (χ1v) is 7.15. The fourth-order valence-corrected chi connectivity index (χ4v) is 2.36. The molecule has 0 saturated heterocycles. The number of fused-ring (bicyclic) bond motifs is 1. The number of hydrogen-bond acceptors (Lipinski definition) is 3. The first-order valence-electron chi connectivity index (χ1n) is 7.15. The summed E-state index contributed by atoms with van der Waals surface area (Å²) in [5.41, 5.74) is 2.16.